The van der Waals surface area contributed by atoms with Crippen molar-refractivity contribution in [1.82, 2.24) is 4.72 Å². The Labute approximate surface area is 102 Å². The van der Waals surface area contributed by atoms with Gasteiger partial charge in [0.2, 0.25) is 10.0 Å². The van der Waals surface area contributed by atoms with E-state index in [1.807, 2.05) is 0 Å². The molecule has 0 bridgehead atoms. The third-order valence-electron chi connectivity index (χ3n) is 2.05. The Morgan fingerprint density at radius 1 is 1.18 bits per heavy atom. The van der Waals surface area contributed by atoms with Gasteiger partial charge >= 0.3 is 0 Å². The van der Waals surface area contributed by atoms with Crippen LogP contribution in [0.5, 0.6) is 11.5 Å². The molecule has 0 saturated heterocycles. The van der Waals surface area contributed by atoms with E-state index in [0.717, 1.165) is 0 Å². The minimum atomic E-state index is -3.56. The Bertz CT molecular complexity index is 482. The molecule has 0 aliphatic heterocycles. The SMILES string of the molecule is COc1ccc(S(=O)(=O)NC(C)C)c(OC)c1. The van der Waals surface area contributed by atoms with Crippen molar-refractivity contribution in [3.63, 3.8) is 0 Å². The monoisotopic (exact) mass is 259 g/mol. The number of hydrogen-bond donors (Lipinski definition) is 1. The zero-order chi connectivity index (χ0) is 13.1. The molecular formula is C11H17NO4S. The van der Waals surface area contributed by atoms with Gasteiger partial charge in [0.1, 0.15) is 16.4 Å². The van der Waals surface area contributed by atoms with Gasteiger partial charge in [0.25, 0.3) is 0 Å². The van der Waals surface area contributed by atoms with Crippen molar-refractivity contribution in [1.29, 1.82) is 0 Å². The van der Waals surface area contributed by atoms with Crippen LogP contribution in [0.2, 0.25) is 0 Å². The molecule has 0 amide bonds. The molecular weight excluding hydrogens is 242 g/mol. The fraction of sp³-hybridized carbons (Fsp3) is 0.455. The lowest BCUT2D eigenvalue weighted by Crippen LogP contribution is -2.30. The third-order valence-corrected chi connectivity index (χ3v) is 3.75. The van der Waals surface area contributed by atoms with Crippen LogP contribution in [0.15, 0.2) is 23.1 Å². The van der Waals surface area contributed by atoms with Gasteiger partial charge in [-0.1, -0.05) is 0 Å². The van der Waals surface area contributed by atoms with E-state index in [4.69, 9.17) is 9.47 Å². The summed E-state index contributed by atoms with van der Waals surface area (Å²) in [5.41, 5.74) is 0. The van der Waals surface area contributed by atoms with Crippen molar-refractivity contribution >= 4 is 10.0 Å². The summed E-state index contributed by atoms with van der Waals surface area (Å²) in [6.07, 6.45) is 0. The number of methoxy groups -OCH3 is 2. The minimum Gasteiger partial charge on any atom is -0.497 e. The van der Waals surface area contributed by atoms with Crippen molar-refractivity contribution in [2.75, 3.05) is 14.2 Å². The molecule has 1 rings (SSSR count). The van der Waals surface area contributed by atoms with Crippen molar-refractivity contribution in [3.05, 3.63) is 18.2 Å². The molecule has 0 fully saturated rings. The Hall–Kier alpha value is -1.27. The lowest BCUT2D eigenvalue weighted by molar-refractivity contribution is 0.386. The second-order valence-corrected chi connectivity index (χ2v) is 5.48. The Kier molecular flexibility index (Phi) is 4.36. The van der Waals surface area contributed by atoms with E-state index in [0.29, 0.717) is 5.75 Å². The molecule has 0 saturated carbocycles. The molecule has 0 heterocycles. The molecule has 1 N–H and O–H groups in total. The summed E-state index contributed by atoms with van der Waals surface area (Å²) in [4.78, 5) is 0.106. The van der Waals surface area contributed by atoms with Crippen LogP contribution >= 0.6 is 0 Å². The molecule has 6 heteroatoms. The van der Waals surface area contributed by atoms with Crippen LogP contribution in [0.4, 0.5) is 0 Å². The average molecular weight is 259 g/mol. The summed E-state index contributed by atoms with van der Waals surface area (Å²) in [5, 5.41) is 0. The van der Waals surface area contributed by atoms with Crippen LogP contribution < -0.4 is 14.2 Å². The van der Waals surface area contributed by atoms with E-state index < -0.39 is 10.0 Å². The molecule has 0 spiro atoms. The molecule has 0 aromatic heterocycles. The van der Waals surface area contributed by atoms with Crippen LogP contribution in [0.1, 0.15) is 13.8 Å². The summed E-state index contributed by atoms with van der Waals surface area (Å²) in [5.74, 6) is 0.808. The summed E-state index contributed by atoms with van der Waals surface area (Å²) in [7, 11) is -0.629. The first kappa shape index (κ1) is 13.8. The molecule has 5 nitrogen and oxygen atoms in total. The Morgan fingerprint density at radius 2 is 1.82 bits per heavy atom. The number of hydrogen-bond acceptors (Lipinski definition) is 4. The van der Waals surface area contributed by atoms with Crippen LogP contribution in [-0.4, -0.2) is 28.7 Å². The maximum atomic E-state index is 12.0. The van der Waals surface area contributed by atoms with Crippen molar-refractivity contribution < 1.29 is 17.9 Å². The van der Waals surface area contributed by atoms with E-state index in [2.05, 4.69) is 4.72 Å². The van der Waals surface area contributed by atoms with Gasteiger partial charge in [0.05, 0.1) is 14.2 Å². The van der Waals surface area contributed by atoms with Gasteiger partial charge in [0, 0.05) is 12.1 Å². The number of nitrogens with one attached hydrogen (secondary N) is 1. The van der Waals surface area contributed by atoms with Gasteiger partial charge in [-0.2, -0.15) is 0 Å². The van der Waals surface area contributed by atoms with Crippen LogP contribution in [0.3, 0.4) is 0 Å². The molecule has 1 aromatic carbocycles. The molecule has 96 valence electrons. The predicted octanol–water partition coefficient (Wildman–Crippen LogP) is 1.39. The quantitative estimate of drug-likeness (QED) is 0.868. The first-order valence-corrected chi connectivity index (χ1v) is 6.63. The van der Waals surface area contributed by atoms with Crippen LogP contribution in [0, 0.1) is 0 Å². The van der Waals surface area contributed by atoms with Gasteiger partial charge in [-0.3, -0.25) is 0 Å². The smallest absolute Gasteiger partial charge is 0.244 e. The molecule has 0 atom stereocenters. The first-order chi connectivity index (χ1) is 7.90. The van der Waals surface area contributed by atoms with Gasteiger partial charge in [-0.05, 0) is 26.0 Å². The fourth-order valence-corrected chi connectivity index (χ4v) is 2.77. The molecule has 0 unspecified atom stereocenters. The summed E-state index contributed by atoms with van der Waals surface area (Å²) >= 11 is 0. The zero-order valence-corrected chi connectivity index (χ0v) is 11.2. The third kappa shape index (κ3) is 3.34. The van der Waals surface area contributed by atoms with Crippen LogP contribution in [0.25, 0.3) is 0 Å². The Morgan fingerprint density at radius 3 is 2.29 bits per heavy atom. The first-order valence-electron chi connectivity index (χ1n) is 5.15. The second-order valence-electron chi connectivity index (χ2n) is 3.79. The van der Waals surface area contributed by atoms with Crippen molar-refractivity contribution in [2.24, 2.45) is 0 Å². The summed E-state index contributed by atoms with van der Waals surface area (Å²) in [6, 6.07) is 4.40. The lowest BCUT2D eigenvalue weighted by Gasteiger charge is -2.13. The predicted molar refractivity (Wildman–Crippen MR) is 65.0 cm³/mol. The van der Waals surface area contributed by atoms with Crippen LogP contribution in [-0.2, 0) is 10.0 Å². The number of rotatable bonds is 5. The zero-order valence-electron chi connectivity index (χ0n) is 10.4. The largest absolute Gasteiger partial charge is 0.497 e. The molecule has 1 aromatic rings. The number of sulfonamides is 1. The maximum absolute atomic E-state index is 12.0. The molecule has 0 aliphatic rings. The second kappa shape index (κ2) is 5.37. The molecule has 0 aliphatic carbocycles. The van der Waals surface area contributed by atoms with Gasteiger partial charge < -0.3 is 9.47 Å². The van der Waals surface area contributed by atoms with Crippen molar-refractivity contribution in [3.8, 4) is 11.5 Å². The summed E-state index contributed by atoms with van der Waals surface area (Å²) in [6.45, 7) is 3.51. The van der Waals surface area contributed by atoms with Gasteiger partial charge in [-0.15, -0.1) is 0 Å². The lowest BCUT2D eigenvalue weighted by atomic mass is 10.3. The normalized spacial score (nSPS) is 11.6. The van der Waals surface area contributed by atoms with Gasteiger partial charge in [0.15, 0.2) is 0 Å². The average Bonchev–Trinajstić information content (AvgIpc) is 2.26. The number of ether oxygens (including phenoxy) is 2. The maximum Gasteiger partial charge on any atom is 0.244 e. The topological polar surface area (TPSA) is 64.6 Å². The highest BCUT2D eigenvalue weighted by Crippen LogP contribution is 2.28. The fourth-order valence-electron chi connectivity index (χ4n) is 1.37. The van der Waals surface area contributed by atoms with E-state index in [9.17, 15) is 8.42 Å². The molecule has 0 radical (unpaired) electrons. The van der Waals surface area contributed by atoms with Gasteiger partial charge in [-0.25, -0.2) is 13.1 Å². The van der Waals surface area contributed by atoms with E-state index in [1.165, 1.54) is 26.4 Å². The molecule has 17 heavy (non-hydrogen) atoms. The highest BCUT2D eigenvalue weighted by atomic mass is 32.2. The van der Waals surface area contributed by atoms with Crippen molar-refractivity contribution in [2.45, 2.75) is 24.8 Å². The standard InChI is InChI=1S/C11H17NO4S/c1-8(2)12-17(13,14)11-6-5-9(15-3)7-10(11)16-4/h5-8,12H,1-4H3. The van der Waals surface area contributed by atoms with E-state index >= 15 is 0 Å². The Balaban J connectivity index is 3.22. The minimum absolute atomic E-state index is 0.106. The highest BCUT2D eigenvalue weighted by molar-refractivity contribution is 7.89. The summed E-state index contributed by atoms with van der Waals surface area (Å²) < 4.78 is 36.5. The van der Waals surface area contributed by atoms with E-state index in [1.54, 1.807) is 19.9 Å². The van der Waals surface area contributed by atoms with E-state index in [-0.39, 0.29) is 16.7 Å². The number of benzene rings is 1. The highest BCUT2D eigenvalue weighted by Gasteiger charge is 2.20.